The van der Waals surface area contributed by atoms with Crippen molar-refractivity contribution in [3.05, 3.63) is 101 Å². The van der Waals surface area contributed by atoms with Crippen LogP contribution in [0.15, 0.2) is 88.8 Å². The summed E-state index contributed by atoms with van der Waals surface area (Å²) in [6, 6.07) is 25.9. The van der Waals surface area contributed by atoms with E-state index in [4.69, 9.17) is 4.99 Å². The molecule has 0 bridgehead atoms. The van der Waals surface area contributed by atoms with Crippen LogP contribution in [-0.4, -0.2) is 25.8 Å². The number of thioether (sulfide) groups is 1. The predicted octanol–water partition coefficient (Wildman–Crippen LogP) is 6.24. The molecule has 0 aromatic heterocycles. The second-order valence-corrected chi connectivity index (χ2v) is 8.37. The molecule has 0 amide bonds. The van der Waals surface area contributed by atoms with Gasteiger partial charge in [0.25, 0.3) is 0 Å². The molecule has 3 heteroatoms. The Bertz CT molecular complexity index is 1030. The van der Waals surface area contributed by atoms with Crippen molar-refractivity contribution in [1.82, 2.24) is 0 Å². The van der Waals surface area contributed by atoms with Gasteiger partial charge < -0.3 is 4.90 Å². The van der Waals surface area contributed by atoms with Gasteiger partial charge >= 0.3 is 0 Å². The summed E-state index contributed by atoms with van der Waals surface area (Å²) in [6.45, 7) is 3.88. The zero-order valence-electron chi connectivity index (χ0n) is 17.0. The number of aryl methyl sites for hydroxylation is 1. The molecule has 2 nitrogen and oxygen atoms in total. The van der Waals surface area contributed by atoms with Gasteiger partial charge in [-0.3, -0.25) is 4.99 Å². The maximum absolute atomic E-state index is 4.84. The molecule has 0 saturated carbocycles. The van der Waals surface area contributed by atoms with Crippen molar-refractivity contribution in [2.75, 3.05) is 25.0 Å². The Morgan fingerprint density at radius 2 is 1.69 bits per heavy atom. The fraction of sp³-hybridized carbons (Fsp3) is 0.192. The number of nitrogens with zero attached hydrogens (tertiary/aromatic N) is 2. The molecular formula is C26H26N2S. The van der Waals surface area contributed by atoms with Gasteiger partial charge in [-0.1, -0.05) is 72.3 Å². The van der Waals surface area contributed by atoms with Crippen LogP contribution >= 0.6 is 11.8 Å². The van der Waals surface area contributed by atoms with E-state index >= 15 is 0 Å². The predicted molar refractivity (Wildman–Crippen MR) is 127 cm³/mol. The number of rotatable bonds is 5. The quantitative estimate of drug-likeness (QED) is 0.473. The highest BCUT2D eigenvalue weighted by molar-refractivity contribution is 7.98. The third kappa shape index (κ3) is 4.80. The lowest BCUT2D eigenvalue weighted by molar-refractivity contribution is 0.897. The summed E-state index contributed by atoms with van der Waals surface area (Å²) in [7, 11) is 2.14. The topological polar surface area (TPSA) is 15.6 Å². The molecule has 0 aliphatic carbocycles. The standard InChI is InChI=1S/C26H26N2S/c1-20-11-13-21(14-12-20)19-29-26-10-6-3-7-22(26)15-16-24-23-8-4-5-9-25(23)28(2)18-17-27-24/h3-16H,17-19H2,1-2H3/b16-15+. The number of hydrogen-bond donors (Lipinski definition) is 0. The molecule has 4 rings (SSSR count). The average Bonchev–Trinajstić information content (AvgIpc) is 2.91. The van der Waals surface area contributed by atoms with E-state index in [1.54, 1.807) is 0 Å². The van der Waals surface area contributed by atoms with Crippen LogP contribution in [0.3, 0.4) is 0 Å². The van der Waals surface area contributed by atoms with Crippen LogP contribution in [0.2, 0.25) is 0 Å². The van der Waals surface area contributed by atoms with Crippen molar-refractivity contribution < 1.29 is 0 Å². The summed E-state index contributed by atoms with van der Waals surface area (Å²) in [5, 5.41) is 0. The molecule has 3 aromatic rings. The molecule has 1 aliphatic heterocycles. The van der Waals surface area contributed by atoms with Crippen molar-refractivity contribution in [3.8, 4) is 0 Å². The lowest BCUT2D eigenvalue weighted by Gasteiger charge is -2.18. The number of fused-ring (bicyclic) bond motifs is 1. The molecule has 29 heavy (non-hydrogen) atoms. The Kier molecular flexibility index (Phi) is 6.16. The van der Waals surface area contributed by atoms with Crippen LogP contribution in [0.25, 0.3) is 6.08 Å². The number of hydrogen-bond acceptors (Lipinski definition) is 3. The van der Waals surface area contributed by atoms with Gasteiger partial charge in [0.05, 0.1) is 12.3 Å². The van der Waals surface area contributed by atoms with Crippen LogP contribution in [0.1, 0.15) is 22.3 Å². The maximum atomic E-state index is 4.84. The van der Waals surface area contributed by atoms with E-state index < -0.39 is 0 Å². The molecule has 0 spiro atoms. The van der Waals surface area contributed by atoms with E-state index in [0.29, 0.717) is 0 Å². The zero-order valence-corrected chi connectivity index (χ0v) is 17.8. The monoisotopic (exact) mass is 398 g/mol. The van der Waals surface area contributed by atoms with E-state index in [0.717, 1.165) is 24.6 Å². The fourth-order valence-corrected chi connectivity index (χ4v) is 4.45. The number of likely N-dealkylation sites (N-methyl/N-ethyl adjacent to an activating group) is 1. The van der Waals surface area contributed by atoms with Crippen molar-refractivity contribution in [2.45, 2.75) is 17.6 Å². The second kappa shape index (κ2) is 9.15. The van der Waals surface area contributed by atoms with Crippen molar-refractivity contribution >= 4 is 29.2 Å². The number of anilines is 1. The lowest BCUT2D eigenvalue weighted by Crippen LogP contribution is -2.20. The van der Waals surface area contributed by atoms with Crippen molar-refractivity contribution in [3.63, 3.8) is 0 Å². The normalized spacial score (nSPS) is 13.9. The lowest BCUT2D eigenvalue weighted by atomic mass is 10.1. The van der Waals surface area contributed by atoms with Crippen LogP contribution in [-0.2, 0) is 5.75 Å². The molecule has 0 saturated heterocycles. The Morgan fingerprint density at radius 3 is 2.55 bits per heavy atom. The van der Waals surface area contributed by atoms with Gasteiger partial charge in [-0.15, -0.1) is 11.8 Å². The molecular weight excluding hydrogens is 372 g/mol. The molecule has 0 unspecified atom stereocenters. The third-order valence-corrected chi connectivity index (χ3v) is 6.32. The van der Waals surface area contributed by atoms with Crippen LogP contribution < -0.4 is 4.90 Å². The SMILES string of the molecule is Cc1ccc(CSc2ccccc2/C=C/C2=NCCN(C)c3ccccc32)cc1. The Morgan fingerprint density at radius 1 is 0.931 bits per heavy atom. The minimum Gasteiger partial charge on any atom is -0.372 e. The third-order valence-electron chi connectivity index (χ3n) is 5.16. The summed E-state index contributed by atoms with van der Waals surface area (Å²) in [5.41, 5.74) is 7.40. The number of benzene rings is 3. The molecule has 1 heterocycles. The second-order valence-electron chi connectivity index (χ2n) is 7.35. The molecule has 0 fully saturated rings. The largest absolute Gasteiger partial charge is 0.372 e. The summed E-state index contributed by atoms with van der Waals surface area (Å²) in [6.07, 6.45) is 4.38. The minimum atomic E-state index is 0.814. The molecule has 0 atom stereocenters. The number of aliphatic imine (C=N–C) groups is 1. The average molecular weight is 399 g/mol. The first-order valence-electron chi connectivity index (χ1n) is 10.0. The molecule has 146 valence electrons. The fourth-order valence-electron chi connectivity index (χ4n) is 3.46. The first-order chi connectivity index (χ1) is 14.2. The van der Waals surface area contributed by atoms with E-state index in [2.05, 4.69) is 104 Å². The first-order valence-corrected chi connectivity index (χ1v) is 11.0. The molecule has 1 aliphatic rings. The van der Waals surface area contributed by atoms with Gasteiger partial charge in [-0.25, -0.2) is 0 Å². The summed E-state index contributed by atoms with van der Waals surface area (Å²) < 4.78 is 0. The summed E-state index contributed by atoms with van der Waals surface area (Å²) >= 11 is 1.88. The Hall–Kier alpha value is -2.78. The highest BCUT2D eigenvalue weighted by Gasteiger charge is 2.13. The molecule has 0 radical (unpaired) electrons. The minimum absolute atomic E-state index is 0.814. The number of para-hydroxylation sites is 1. The Balaban J connectivity index is 1.55. The van der Waals surface area contributed by atoms with Crippen LogP contribution in [0.4, 0.5) is 5.69 Å². The van der Waals surface area contributed by atoms with E-state index in [1.807, 2.05) is 11.8 Å². The summed E-state index contributed by atoms with van der Waals surface area (Å²) in [4.78, 5) is 8.42. The van der Waals surface area contributed by atoms with Gasteiger partial charge in [-0.2, -0.15) is 0 Å². The van der Waals surface area contributed by atoms with Crippen molar-refractivity contribution in [1.29, 1.82) is 0 Å². The first kappa shape index (κ1) is 19.5. The van der Waals surface area contributed by atoms with E-state index in [9.17, 15) is 0 Å². The number of benzodiazepines with no additional fused rings is 1. The van der Waals surface area contributed by atoms with E-state index in [-0.39, 0.29) is 0 Å². The molecule has 0 N–H and O–H groups in total. The van der Waals surface area contributed by atoms with Gasteiger partial charge in [0.2, 0.25) is 0 Å². The van der Waals surface area contributed by atoms with Gasteiger partial charge in [0.1, 0.15) is 0 Å². The van der Waals surface area contributed by atoms with Gasteiger partial charge in [-0.05, 0) is 36.3 Å². The number of allylic oxidation sites excluding steroid dienone is 1. The Labute approximate surface area is 178 Å². The van der Waals surface area contributed by atoms with Gasteiger partial charge in [0.15, 0.2) is 0 Å². The summed E-state index contributed by atoms with van der Waals surface area (Å²) in [5.74, 6) is 0.972. The molecule has 3 aromatic carbocycles. The van der Waals surface area contributed by atoms with Crippen molar-refractivity contribution in [2.24, 2.45) is 4.99 Å². The zero-order chi connectivity index (χ0) is 20.1. The van der Waals surface area contributed by atoms with Crippen LogP contribution in [0, 0.1) is 6.92 Å². The maximum Gasteiger partial charge on any atom is 0.0668 e. The highest BCUT2D eigenvalue weighted by Crippen LogP contribution is 2.28. The highest BCUT2D eigenvalue weighted by atomic mass is 32.2. The smallest absolute Gasteiger partial charge is 0.0668 e. The van der Waals surface area contributed by atoms with Gasteiger partial charge in [0, 0.05) is 35.5 Å². The van der Waals surface area contributed by atoms with Crippen LogP contribution in [0.5, 0.6) is 0 Å². The van der Waals surface area contributed by atoms with E-state index in [1.165, 1.54) is 32.8 Å².